The van der Waals surface area contributed by atoms with E-state index >= 15 is 0 Å². The van der Waals surface area contributed by atoms with Gasteiger partial charge in [0.25, 0.3) is 0 Å². The van der Waals surface area contributed by atoms with Crippen LogP contribution >= 0.6 is 0 Å². The number of rotatable bonds is 14. The Kier molecular flexibility index (Phi) is 14.5. The highest BCUT2D eigenvalue weighted by atomic mass is 16.7. The van der Waals surface area contributed by atoms with Crippen LogP contribution in [-0.2, 0) is 23.7 Å². The van der Waals surface area contributed by atoms with Gasteiger partial charge in [0, 0.05) is 12.6 Å². The number of ether oxygens (including phenoxy) is 4. The minimum Gasteiger partial charge on any atom is -0.394 e. The molecule has 258 valence electrons. The van der Waals surface area contributed by atoms with Crippen molar-refractivity contribution in [2.75, 3.05) is 32.8 Å². The van der Waals surface area contributed by atoms with Crippen LogP contribution in [0.1, 0.15) is 19.3 Å². The SMILES string of the molecule is NCCCNCC1OC(OC2C(N)CC(NC(=O)C(O)CCN)C(OC3OC(CO)C(O)C(N)C3O)C2O)C(O)C(O)C1O. The fraction of sp³-hybridized carbons (Fsp3) is 0.960. The lowest BCUT2D eigenvalue weighted by Crippen LogP contribution is -2.69. The number of carbonyl (C=O) groups is 1. The van der Waals surface area contributed by atoms with Crippen LogP contribution in [0.25, 0.3) is 0 Å². The normalized spacial score (nSPS) is 43.9. The van der Waals surface area contributed by atoms with Gasteiger partial charge in [-0.1, -0.05) is 0 Å². The summed E-state index contributed by atoms with van der Waals surface area (Å²) in [7, 11) is 0. The Hall–Kier alpha value is -1.21. The van der Waals surface area contributed by atoms with Crippen LogP contribution in [0.3, 0.4) is 0 Å². The molecule has 19 nitrogen and oxygen atoms in total. The molecule has 0 radical (unpaired) electrons. The third kappa shape index (κ3) is 8.77. The number of carbonyl (C=O) groups excluding carboxylic acids is 1. The second-order valence-electron chi connectivity index (χ2n) is 11.4. The van der Waals surface area contributed by atoms with Crippen molar-refractivity contribution in [2.24, 2.45) is 22.9 Å². The highest BCUT2D eigenvalue weighted by Crippen LogP contribution is 2.32. The Bertz CT molecular complexity index is 882. The molecule has 2 aliphatic heterocycles. The lowest BCUT2D eigenvalue weighted by Gasteiger charge is -2.49. The Balaban J connectivity index is 1.82. The van der Waals surface area contributed by atoms with Gasteiger partial charge in [-0.05, 0) is 38.9 Å². The van der Waals surface area contributed by atoms with E-state index in [0.29, 0.717) is 19.5 Å². The van der Waals surface area contributed by atoms with Gasteiger partial charge in [-0.15, -0.1) is 0 Å². The van der Waals surface area contributed by atoms with Gasteiger partial charge >= 0.3 is 0 Å². The summed E-state index contributed by atoms with van der Waals surface area (Å²) in [5.74, 6) is -0.841. The van der Waals surface area contributed by atoms with E-state index in [2.05, 4.69) is 10.6 Å². The van der Waals surface area contributed by atoms with Gasteiger partial charge in [0.15, 0.2) is 12.6 Å². The molecule has 44 heavy (non-hydrogen) atoms. The van der Waals surface area contributed by atoms with E-state index < -0.39 is 110 Å². The highest BCUT2D eigenvalue weighted by molar-refractivity contribution is 5.80. The summed E-state index contributed by atoms with van der Waals surface area (Å²) < 4.78 is 23.0. The topological polar surface area (TPSA) is 344 Å². The average molecular weight is 643 g/mol. The molecule has 3 aliphatic rings. The van der Waals surface area contributed by atoms with Crippen LogP contribution in [-0.4, -0.2) is 177 Å². The smallest absolute Gasteiger partial charge is 0.249 e. The van der Waals surface area contributed by atoms with Gasteiger partial charge in [-0.3, -0.25) is 4.79 Å². The molecule has 3 rings (SSSR count). The Morgan fingerprint density at radius 1 is 0.841 bits per heavy atom. The summed E-state index contributed by atoms with van der Waals surface area (Å²) in [5.41, 5.74) is 23.1. The van der Waals surface area contributed by atoms with Crippen molar-refractivity contribution in [3.63, 3.8) is 0 Å². The van der Waals surface area contributed by atoms with Gasteiger partial charge < -0.3 is 93.4 Å². The van der Waals surface area contributed by atoms with Crippen molar-refractivity contribution in [3.8, 4) is 0 Å². The molecule has 19 heteroatoms. The summed E-state index contributed by atoms with van der Waals surface area (Å²) in [5, 5.41) is 89.2. The zero-order valence-electron chi connectivity index (χ0n) is 24.3. The average Bonchev–Trinajstić information content (AvgIpc) is 2.99. The predicted octanol–water partition coefficient (Wildman–Crippen LogP) is -8.44. The maximum atomic E-state index is 12.7. The fourth-order valence-electron chi connectivity index (χ4n) is 5.51. The number of hydrogen-bond acceptors (Lipinski definition) is 18. The van der Waals surface area contributed by atoms with Crippen LogP contribution < -0.4 is 33.6 Å². The van der Waals surface area contributed by atoms with Crippen molar-refractivity contribution in [1.82, 2.24) is 10.6 Å². The van der Waals surface area contributed by atoms with Gasteiger partial charge in [0.1, 0.15) is 67.1 Å². The zero-order chi connectivity index (χ0) is 32.7. The van der Waals surface area contributed by atoms with E-state index in [0.717, 1.165) is 0 Å². The number of aliphatic hydroxyl groups is 8. The van der Waals surface area contributed by atoms with E-state index in [1.165, 1.54) is 0 Å². The molecule has 0 spiro atoms. The first-order chi connectivity index (χ1) is 20.9. The lowest BCUT2D eigenvalue weighted by molar-refractivity contribution is -0.333. The molecule has 3 fully saturated rings. The molecule has 1 aliphatic carbocycles. The van der Waals surface area contributed by atoms with E-state index in [9.17, 15) is 45.6 Å². The molecule has 0 bridgehead atoms. The minimum absolute atomic E-state index is 0.00982. The van der Waals surface area contributed by atoms with E-state index in [-0.39, 0.29) is 25.9 Å². The molecule has 16 unspecified atom stereocenters. The van der Waals surface area contributed by atoms with Crippen molar-refractivity contribution < 1.29 is 64.6 Å². The first-order valence-corrected chi connectivity index (χ1v) is 14.8. The Morgan fingerprint density at radius 3 is 2.11 bits per heavy atom. The van der Waals surface area contributed by atoms with E-state index in [1.807, 2.05) is 0 Å². The quantitative estimate of drug-likeness (QED) is 0.0782. The van der Waals surface area contributed by atoms with Crippen LogP contribution in [0.5, 0.6) is 0 Å². The second kappa shape index (κ2) is 17.1. The number of hydrogen-bond donors (Lipinski definition) is 14. The molecule has 1 saturated carbocycles. The largest absolute Gasteiger partial charge is 0.394 e. The van der Waals surface area contributed by atoms with Crippen LogP contribution in [0, 0.1) is 0 Å². The maximum Gasteiger partial charge on any atom is 0.249 e. The lowest BCUT2D eigenvalue weighted by atomic mass is 9.83. The summed E-state index contributed by atoms with van der Waals surface area (Å²) in [4.78, 5) is 12.7. The van der Waals surface area contributed by atoms with Crippen LogP contribution in [0.15, 0.2) is 0 Å². The van der Waals surface area contributed by atoms with Gasteiger partial charge in [0.2, 0.25) is 5.91 Å². The maximum absolute atomic E-state index is 12.7. The van der Waals surface area contributed by atoms with E-state index in [4.69, 9.17) is 41.9 Å². The number of amides is 1. The molecule has 0 aromatic heterocycles. The molecule has 2 saturated heterocycles. The first-order valence-electron chi connectivity index (χ1n) is 14.8. The summed E-state index contributed by atoms with van der Waals surface area (Å²) in [6, 6.07) is -3.46. The molecule has 2 heterocycles. The Morgan fingerprint density at radius 2 is 1.48 bits per heavy atom. The van der Waals surface area contributed by atoms with Crippen molar-refractivity contribution in [2.45, 2.75) is 117 Å². The van der Waals surface area contributed by atoms with Crippen LogP contribution in [0.4, 0.5) is 0 Å². The van der Waals surface area contributed by atoms with Gasteiger partial charge in [-0.2, -0.15) is 0 Å². The second-order valence-corrected chi connectivity index (χ2v) is 11.4. The molecular formula is C25H50N6O13. The number of nitrogens with one attached hydrogen (secondary N) is 2. The summed E-state index contributed by atoms with van der Waals surface area (Å²) in [6.07, 6.45) is -19.0. The molecule has 0 aromatic carbocycles. The molecule has 0 aromatic rings. The number of nitrogens with two attached hydrogens (primary N) is 4. The molecule has 1 amide bonds. The standard InChI is InChI=1S/C25H50N6O13/c26-3-1-5-30-7-12-16(35)18(37)19(38)25(41-12)43-21-9(28)6-10(31-23(40)11(33)2-4-27)22(20(21)39)44-24-17(36)14(29)15(34)13(8-32)42-24/h9-22,24-25,30,32-39H,1-8,26-29H2,(H,31,40). The summed E-state index contributed by atoms with van der Waals surface area (Å²) >= 11 is 0. The minimum atomic E-state index is -1.75. The van der Waals surface area contributed by atoms with Gasteiger partial charge in [-0.25, -0.2) is 0 Å². The predicted molar refractivity (Wildman–Crippen MR) is 149 cm³/mol. The van der Waals surface area contributed by atoms with Crippen molar-refractivity contribution in [3.05, 3.63) is 0 Å². The zero-order valence-corrected chi connectivity index (χ0v) is 24.3. The van der Waals surface area contributed by atoms with Gasteiger partial charge in [0.05, 0.1) is 18.7 Å². The fourth-order valence-corrected chi connectivity index (χ4v) is 5.51. The van der Waals surface area contributed by atoms with E-state index in [1.54, 1.807) is 0 Å². The summed E-state index contributed by atoms with van der Waals surface area (Å²) in [6.45, 7) is 0.334. The Labute approximate surface area is 254 Å². The van der Waals surface area contributed by atoms with Crippen molar-refractivity contribution >= 4 is 5.91 Å². The molecule has 16 atom stereocenters. The van der Waals surface area contributed by atoms with Crippen LogP contribution in [0.2, 0.25) is 0 Å². The third-order valence-electron chi connectivity index (χ3n) is 8.18. The molecular weight excluding hydrogens is 592 g/mol. The van der Waals surface area contributed by atoms with Crippen molar-refractivity contribution in [1.29, 1.82) is 0 Å². The third-order valence-corrected chi connectivity index (χ3v) is 8.18. The monoisotopic (exact) mass is 642 g/mol. The first kappa shape index (κ1) is 37.2. The number of aliphatic hydroxyl groups excluding tert-OH is 8. The highest BCUT2D eigenvalue weighted by Gasteiger charge is 2.52. The molecule has 18 N–H and O–H groups in total.